The molecule has 3 aromatic carbocycles. The summed E-state index contributed by atoms with van der Waals surface area (Å²) in [6, 6.07) is 16.3. The monoisotopic (exact) mass is 494 g/mol. The molecule has 0 aliphatic heterocycles. The smallest absolute Gasteiger partial charge is 0.271 e. The molecule has 0 bridgehead atoms. The van der Waals surface area contributed by atoms with E-state index in [1.165, 1.54) is 26.0 Å². The van der Waals surface area contributed by atoms with E-state index in [0.717, 1.165) is 5.56 Å². The highest BCUT2D eigenvalue weighted by Gasteiger charge is 2.13. The molecule has 0 atom stereocenters. The predicted molar refractivity (Wildman–Crippen MR) is 137 cm³/mol. The number of ether oxygens (including phenoxy) is 4. The van der Waals surface area contributed by atoms with Crippen molar-refractivity contribution in [1.29, 1.82) is 0 Å². The van der Waals surface area contributed by atoms with Crippen molar-refractivity contribution in [3.05, 3.63) is 94.5 Å². The van der Waals surface area contributed by atoms with Gasteiger partial charge in [-0.1, -0.05) is 54.1 Å². The van der Waals surface area contributed by atoms with Crippen molar-refractivity contribution in [1.82, 2.24) is 5.43 Å². The number of amides is 1. The predicted octanol–water partition coefficient (Wildman–Crippen LogP) is 5.57. The molecule has 0 aliphatic carbocycles. The van der Waals surface area contributed by atoms with E-state index in [9.17, 15) is 4.79 Å². The fourth-order valence-corrected chi connectivity index (χ4v) is 3.37. The van der Waals surface area contributed by atoms with Crippen molar-refractivity contribution >= 4 is 23.7 Å². The zero-order chi connectivity index (χ0) is 25.2. The van der Waals surface area contributed by atoms with Gasteiger partial charge in [-0.3, -0.25) is 4.79 Å². The minimum Gasteiger partial charge on any atom is -0.493 e. The number of halogens is 1. The first-order valence-electron chi connectivity index (χ1n) is 10.8. The van der Waals surface area contributed by atoms with Gasteiger partial charge in [0.2, 0.25) is 0 Å². The molecule has 0 radical (unpaired) electrons. The second kappa shape index (κ2) is 12.5. The maximum Gasteiger partial charge on any atom is 0.271 e. The fraction of sp³-hybridized carbons (Fsp3) is 0.185. The Kier molecular flexibility index (Phi) is 9.15. The van der Waals surface area contributed by atoms with E-state index in [1.807, 2.05) is 31.2 Å². The summed E-state index contributed by atoms with van der Waals surface area (Å²) in [6.07, 6.45) is 3.09. The van der Waals surface area contributed by atoms with Crippen LogP contribution in [0.1, 0.15) is 27.0 Å². The zero-order valence-electron chi connectivity index (χ0n) is 19.8. The Morgan fingerprint density at radius 2 is 1.74 bits per heavy atom. The average Bonchev–Trinajstić information content (AvgIpc) is 2.87. The second-order valence-electron chi connectivity index (χ2n) is 7.47. The Balaban J connectivity index is 1.67. The summed E-state index contributed by atoms with van der Waals surface area (Å²) in [6.45, 7) is 6.32. The third-order valence-corrected chi connectivity index (χ3v) is 5.20. The largest absolute Gasteiger partial charge is 0.493 e. The standard InChI is InChI=1S/C27H27ClN2O5/c1-5-12-34-23-11-10-21(15-24(23)32-3)27(31)30-29-16-20-13-22(28)26(25(14-20)33-4)35-17-19-8-6-18(2)7-9-19/h5-11,13-16H,1,12,17H2,2-4H3,(H,30,31)/b29-16+. The molecule has 3 rings (SSSR count). The summed E-state index contributed by atoms with van der Waals surface area (Å²) < 4.78 is 22.1. The molecule has 0 heterocycles. The highest BCUT2D eigenvalue weighted by molar-refractivity contribution is 6.32. The van der Waals surface area contributed by atoms with Gasteiger partial charge in [-0.15, -0.1) is 0 Å². The first-order valence-corrected chi connectivity index (χ1v) is 11.1. The maximum atomic E-state index is 12.5. The number of methoxy groups -OCH3 is 2. The summed E-state index contributed by atoms with van der Waals surface area (Å²) in [5.41, 5.74) is 5.66. The highest BCUT2D eigenvalue weighted by Crippen LogP contribution is 2.36. The van der Waals surface area contributed by atoms with Gasteiger partial charge in [0.15, 0.2) is 23.0 Å². The molecule has 0 aromatic heterocycles. The molecular weight excluding hydrogens is 468 g/mol. The first kappa shape index (κ1) is 25.6. The van der Waals surface area contributed by atoms with E-state index in [2.05, 4.69) is 17.1 Å². The van der Waals surface area contributed by atoms with E-state index in [0.29, 0.717) is 52.4 Å². The number of nitrogens with zero attached hydrogens (tertiary/aromatic N) is 1. The molecule has 0 saturated carbocycles. The van der Waals surface area contributed by atoms with Gasteiger partial charge in [0.1, 0.15) is 13.2 Å². The molecule has 1 amide bonds. The molecule has 3 aromatic rings. The van der Waals surface area contributed by atoms with Crippen LogP contribution in [0.3, 0.4) is 0 Å². The van der Waals surface area contributed by atoms with Gasteiger partial charge >= 0.3 is 0 Å². The Hall–Kier alpha value is -3.97. The third-order valence-electron chi connectivity index (χ3n) is 4.92. The van der Waals surface area contributed by atoms with Crippen molar-refractivity contribution in [2.75, 3.05) is 20.8 Å². The van der Waals surface area contributed by atoms with Crippen LogP contribution in [-0.2, 0) is 6.61 Å². The number of rotatable bonds is 11. The van der Waals surface area contributed by atoms with Crippen molar-refractivity contribution in [3.63, 3.8) is 0 Å². The molecule has 0 saturated heterocycles. The molecule has 0 spiro atoms. The highest BCUT2D eigenvalue weighted by atomic mass is 35.5. The summed E-state index contributed by atoms with van der Waals surface area (Å²) >= 11 is 6.44. The topological polar surface area (TPSA) is 78.4 Å². The van der Waals surface area contributed by atoms with Crippen LogP contribution in [0, 0.1) is 6.92 Å². The molecule has 35 heavy (non-hydrogen) atoms. The number of hydrazone groups is 1. The Bertz CT molecular complexity index is 1210. The molecule has 7 nitrogen and oxygen atoms in total. The van der Waals surface area contributed by atoms with Crippen LogP contribution in [0.5, 0.6) is 23.0 Å². The number of hydrogen-bond acceptors (Lipinski definition) is 6. The van der Waals surface area contributed by atoms with E-state index >= 15 is 0 Å². The molecule has 8 heteroatoms. The third kappa shape index (κ3) is 7.01. The van der Waals surface area contributed by atoms with Crippen LogP contribution < -0.4 is 24.4 Å². The number of carbonyl (C=O) groups excluding carboxylic acids is 1. The Morgan fingerprint density at radius 1 is 1.00 bits per heavy atom. The molecule has 1 N–H and O–H groups in total. The Morgan fingerprint density at radius 3 is 2.43 bits per heavy atom. The van der Waals surface area contributed by atoms with Crippen molar-refractivity contribution < 1.29 is 23.7 Å². The second-order valence-corrected chi connectivity index (χ2v) is 7.88. The fourth-order valence-electron chi connectivity index (χ4n) is 3.10. The zero-order valence-corrected chi connectivity index (χ0v) is 20.6. The average molecular weight is 495 g/mol. The first-order chi connectivity index (χ1) is 16.9. The van der Waals surface area contributed by atoms with Gasteiger partial charge in [-0.2, -0.15) is 5.10 Å². The summed E-state index contributed by atoms with van der Waals surface area (Å²) in [5, 5.41) is 4.39. The maximum absolute atomic E-state index is 12.5. The van der Waals surface area contributed by atoms with Crippen molar-refractivity contribution in [2.24, 2.45) is 5.10 Å². The Labute approximate surface area is 209 Å². The molecule has 0 fully saturated rings. The van der Waals surface area contributed by atoms with Gasteiger partial charge in [-0.25, -0.2) is 5.43 Å². The normalized spacial score (nSPS) is 10.6. The van der Waals surface area contributed by atoms with Crippen molar-refractivity contribution in [2.45, 2.75) is 13.5 Å². The number of nitrogens with one attached hydrogen (secondary N) is 1. The number of benzene rings is 3. The van der Waals surface area contributed by atoms with Gasteiger partial charge in [0.25, 0.3) is 5.91 Å². The van der Waals surface area contributed by atoms with E-state index in [4.69, 9.17) is 30.5 Å². The minimum atomic E-state index is -0.411. The van der Waals surface area contributed by atoms with Crippen LogP contribution in [0.15, 0.2) is 72.4 Å². The van der Waals surface area contributed by atoms with Crippen LogP contribution >= 0.6 is 11.6 Å². The minimum absolute atomic E-state index is 0.327. The quantitative estimate of drug-likeness (QED) is 0.214. The lowest BCUT2D eigenvalue weighted by atomic mass is 10.1. The SMILES string of the molecule is C=CCOc1ccc(C(=O)N/N=C/c2cc(Cl)c(OCc3ccc(C)cc3)c(OC)c2)cc1OC. The van der Waals surface area contributed by atoms with Crippen molar-refractivity contribution in [3.8, 4) is 23.0 Å². The van der Waals surface area contributed by atoms with E-state index in [1.54, 1.807) is 36.4 Å². The number of carbonyl (C=O) groups is 1. The summed E-state index contributed by atoms with van der Waals surface area (Å²) in [5.74, 6) is 1.42. The molecule has 0 aliphatic rings. The van der Waals surface area contributed by atoms with E-state index in [-0.39, 0.29) is 0 Å². The van der Waals surface area contributed by atoms with Gasteiger partial charge in [0, 0.05) is 5.56 Å². The number of hydrogen-bond donors (Lipinski definition) is 1. The summed E-state index contributed by atoms with van der Waals surface area (Å²) in [4.78, 5) is 12.5. The van der Waals surface area contributed by atoms with E-state index < -0.39 is 5.91 Å². The van der Waals surface area contributed by atoms with Gasteiger partial charge < -0.3 is 18.9 Å². The molecule has 182 valence electrons. The van der Waals surface area contributed by atoms with Crippen LogP contribution in [-0.4, -0.2) is 32.9 Å². The van der Waals surface area contributed by atoms with Crippen LogP contribution in [0.25, 0.3) is 0 Å². The lowest BCUT2D eigenvalue weighted by Gasteiger charge is -2.13. The number of aryl methyl sites for hydroxylation is 1. The van der Waals surface area contributed by atoms with Crippen LogP contribution in [0.2, 0.25) is 5.02 Å². The van der Waals surface area contributed by atoms with Gasteiger partial charge in [-0.05, 0) is 48.4 Å². The summed E-state index contributed by atoms with van der Waals surface area (Å²) in [7, 11) is 3.03. The van der Waals surface area contributed by atoms with Gasteiger partial charge in [0.05, 0.1) is 25.5 Å². The molecular formula is C27H27ClN2O5. The lowest BCUT2D eigenvalue weighted by Crippen LogP contribution is -2.17. The lowest BCUT2D eigenvalue weighted by molar-refractivity contribution is 0.0954. The van der Waals surface area contributed by atoms with Crippen LogP contribution in [0.4, 0.5) is 0 Å². The molecule has 0 unspecified atom stereocenters.